The van der Waals surface area contributed by atoms with Crippen LogP contribution in [-0.2, 0) is 9.13 Å². The predicted molar refractivity (Wildman–Crippen MR) is 24.1 cm³/mol. The molecule has 1 unspecified atom stereocenters. The smallest absolute Gasteiger partial charge is 0.567 e. The van der Waals surface area contributed by atoms with Gasteiger partial charge in [-0.1, -0.05) is 0 Å². The van der Waals surface area contributed by atoms with Gasteiger partial charge in [0.25, 0.3) is 0 Å². The van der Waals surface area contributed by atoms with Gasteiger partial charge in [0.15, 0.2) is 0 Å². The molecule has 0 fully saturated rings. The van der Waals surface area contributed by atoms with E-state index in [0.717, 1.165) is 0 Å². The minimum atomic E-state index is -4.64. The van der Waals surface area contributed by atoms with Crippen molar-refractivity contribution in [1.82, 2.24) is 0 Å². The summed E-state index contributed by atoms with van der Waals surface area (Å²) < 4.78 is 17.5. The van der Waals surface area contributed by atoms with Gasteiger partial charge in [0.2, 0.25) is 0 Å². The summed E-state index contributed by atoms with van der Waals surface area (Å²) in [5, 5.41) is 0. The van der Waals surface area contributed by atoms with Crippen molar-refractivity contribution in [1.29, 1.82) is 0 Å². The van der Waals surface area contributed by atoms with Crippen LogP contribution in [0.4, 0.5) is 0 Å². The minimum absolute atomic E-state index is 0. The predicted octanol–water partition coefficient (Wildman–Crippen LogP) is -4.93. The van der Waals surface area contributed by atoms with Crippen molar-refractivity contribution in [3.05, 3.63) is 0 Å². The molecule has 0 aliphatic carbocycles. The third-order valence-corrected chi connectivity index (χ3v) is 0. The van der Waals surface area contributed by atoms with E-state index in [4.69, 9.17) is 33.6 Å². The third kappa shape index (κ3) is 473. The molecule has 0 aromatic heterocycles. The SMILES string of the molecule is O=P(O)(O)O.O=[P+]([O-])O.[Na+]. The molecule has 0 rings (SSSR count). The number of hydrogen-bond donors (Lipinski definition) is 4. The van der Waals surface area contributed by atoms with E-state index in [1.54, 1.807) is 0 Å². The maximum atomic E-state index is 8.88. The Morgan fingerprint density at radius 3 is 1.30 bits per heavy atom. The van der Waals surface area contributed by atoms with Crippen LogP contribution < -0.4 is 34.5 Å². The molecular formula is H4NaO7P2+. The number of hydrogen-bond acceptors (Lipinski definition) is 3. The van der Waals surface area contributed by atoms with Gasteiger partial charge in [-0.2, -0.15) is 4.89 Å². The van der Waals surface area contributed by atoms with Crippen molar-refractivity contribution >= 4 is 16.1 Å². The Labute approximate surface area is 79.2 Å². The monoisotopic (exact) mass is 201 g/mol. The van der Waals surface area contributed by atoms with Crippen LogP contribution in [0, 0.1) is 0 Å². The molecule has 0 radical (unpaired) electrons. The van der Waals surface area contributed by atoms with Gasteiger partial charge >= 0.3 is 45.6 Å². The zero-order chi connectivity index (χ0) is 8.08. The topological polar surface area (TPSA) is 138 Å². The molecule has 0 heterocycles. The zero-order valence-corrected chi connectivity index (χ0v) is 8.70. The van der Waals surface area contributed by atoms with E-state index in [2.05, 4.69) is 0 Å². The van der Waals surface area contributed by atoms with Crippen LogP contribution >= 0.6 is 16.1 Å². The van der Waals surface area contributed by atoms with Crippen LogP contribution in [0.25, 0.3) is 0 Å². The molecule has 56 valence electrons. The van der Waals surface area contributed by atoms with Crippen LogP contribution in [0.15, 0.2) is 0 Å². The maximum Gasteiger partial charge on any atom is 1.00 e. The summed E-state index contributed by atoms with van der Waals surface area (Å²) in [7, 11) is -7.76. The van der Waals surface area contributed by atoms with E-state index in [1.165, 1.54) is 0 Å². The molecule has 0 aromatic carbocycles. The first-order valence-corrected chi connectivity index (χ1v) is 4.04. The molecule has 10 heteroatoms. The van der Waals surface area contributed by atoms with Crippen LogP contribution in [0.5, 0.6) is 0 Å². The first kappa shape index (κ1) is 17.3. The van der Waals surface area contributed by atoms with E-state index >= 15 is 0 Å². The average Bonchev–Trinajstić information content (AvgIpc) is 1.19. The largest absolute Gasteiger partial charge is 1.00 e. The molecule has 0 saturated carbocycles. The maximum absolute atomic E-state index is 8.88. The molecule has 0 bridgehead atoms. The van der Waals surface area contributed by atoms with Crippen molar-refractivity contribution in [3.8, 4) is 0 Å². The molecule has 0 saturated heterocycles. The molecule has 0 amide bonds. The van der Waals surface area contributed by atoms with E-state index in [0.29, 0.717) is 0 Å². The van der Waals surface area contributed by atoms with Crippen LogP contribution in [-0.4, -0.2) is 19.6 Å². The summed E-state index contributed by atoms with van der Waals surface area (Å²) in [5.74, 6) is 0. The van der Waals surface area contributed by atoms with E-state index < -0.39 is 16.1 Å². The molecule has 1 atom stereocenters. The first-order valence-electron chi connectivity index (χ1n) is 1.35. The van der Waals surface area contributed by atoms with E-state index in [-0.39, 0.29) is 29.6 Å². The fraction of sp³-hybridized carbons (Fsp3) is 0. The average molecular weight is 201 g/mol. The molecule has 0 spiro atoms. The Kier molecular flexibility index (Phi) is 14.2. The fourth-order valence-corrected chi connectivity index (χ4v) is 0. The van der Waals surface area contributed by atoms with Crippen molar-refractivity contribution in [3.63, 3.8) is 0 Å². The number of rotatable bonds is 0. The molecule has 4 N–H and O–H groups in total. The second-order valence-electron chi connectivity index (χ2n) is 0.751. The van der Waals surface area contributed by atoms with Crippen molar-refractivity contribution in [2.45, 2.75) is 0 Å². The van der Waals surface area contributed by atoms with Gasteiger partial charge in [0, 0.05) is 0 Å². The summed E-state index contributed by atoms with van der Waals surface area (Å²) in [4.78, 5) is 37.2. The van der Waals surface area contributed by atoms with E-state index in [1.807, 2.05) is 0 Å². The summed E-state index contributed by atoms with van der Waals surface area (Å²) in [6, 6.07) is 0. The second kappa shape index (κ2) is 8.23. The Morgan fingerprint density at radius 2 is 1.30 bits per heavy atom. The normalized spacial score (nSPS) is 10.3. The Bertz CT molecular complexity index is 111. The molecular weight excluding hydrogens is 197 g/mol. The van der Waals surface area contributed by atoms with Crippen molar-refractivity contribution in [2.75, 3.05) is 0 Å². The van der Waals surface area contributed by atoms with Crippen LogP contribution in [0.3, 0.4) is 0 Å². The van der Waals surface area contributed by atoms with Crippen LogP contribution in [0.2, 0.25) is 0 Å². The second-order valence-corrected chi connectivity index (χ2v) is 2.25. The van der Waals surface area contributed by atoms with E-state index in [9.17, 15) is 0 Å². The van der Waals surface area contributed by atoms with Gasteiger partial charge in [-0.25, -0.2) is 4.57 Å². The quantitative estimate of drug-likeness (QED) is 0.227. The summed E-state index contributed by atoms with van der Waals surface area (Å²) >= 11 is 0. The Morgan fingerprint density at radius 1 is 1.30 bits per heavy atom. The van der Waals surface area contributed by atoms with Crippen molar-refractivity contribution < 1.29 is 63.2 Å². The molecule has 7 nitrogen and oxygen atoms in total. The first-order chi connectivity index (χ1) is 3.73. The summed E-state index contributed by atoms with van der Waals surface area (Å²) in [5.41, 5.74) is 0. The molecule has 0 aliphatic heterocycles. The number of phosphoric acid groups is 1. The van der Waals surface area contributed by atoms with Gasteiger partial charge < -0.3 is 19.6 Å². The van der Waals surface area contributed by atoms with Gasteiger partial charge in [-0.3, -0.25) is 0 Å². The fourth-order valence-electron chi connectivity index (χ4n) is 0. The van der Waals surface area contributed by atoms with Crippen LogP contribution in [0.1, 0.15) is 0 Å². The van der Waals surface area contributed by atoms with Gasteiger partial charge in [-0.05, 0) is 4.57 Å². The Balaban J connectivity index is -0.0000000910. The van der Waals surface area contributed by atoms with Gasteiger partial charge in [0.05, 0.1) is 0 Å². The standard InChI is InChI=1S/Na.H3O4P.HO3P/c;1-5(2,3)4;1-4(2)3/h;(H3,1,2,3,4);(H,1,2,3)/q+1;;. The molecule has 10 heavy (non-hydrogen) atoms. The Hall–Kier alpha value is 1.13. The van der Waals surface area contributed by atoms with Gasteiger partial charge in [0.1, 0.15) is 0 Å². The third-order valence-electron chi connectivity index (χ3n) is 0. The summed E-state index contributed by atoms with van der Waals surface area (Å²) in [6.07, 6.45) is 0. The van der Waals surface area contributed by atoms with Crippen molar-refractivity contribution in [2.24, 2.45) is 0 Å². The minimum Gasteiger partial charge on any atom is -0.567 e. The zero-order valence-electron chi connectivity index (χ0n) is 4.91. The molecule has 0 aliphatic rings. The molecule has 0 aromatic rings. The summed E-state index contributed by atoms with van der Waals surface area (Å²) in [6.45, 7) is 0. The van der Waals surface area contributed by atoms with Gasteiger partial charge in [-0.15, -0.1) is 0 Å².